The Labute approximate surface area is 110 Å². The molecule has 5 heteroatoms. The maximum atomic E-state index is 12.2. The van der Waals surface area contributed by atoms with E-state index in [2.05, 4.69) is 10.1 Å². The highest BCUT2D eigenvalue weighted by Crippen LogP contribution is 2.22. The van der Waals surface area contributed by atoms with Gasteiger partial charge in [0.1, 0.15) is 5.75 Å². The van der Waals surface area contributed by atoms with Gasteiger partial charge in [-0.25, -0.2) is 0 Å². The average Bonchev–Trinajstić information content (AvgIpc) is 2.38. The third kappa shape index (κ3) is 4.14. The molecule has 0 amide bonds. The number of nitrogens with one attached hydrogen (secondary N) is 1. The van der Waals surface area contributed by atoms with E-state index >= 15 is 0 Å². The Morgan fingerprint density at radius 3 is 2.94 bits per heavy atom. The Kier molecular flexibility index (Phi) is 5.26. The second kappa shape index (κ2) is 6.95. The van der Waals surface area contributed by atoms with Crippen LogP contribution in [0.5, 0.6) is 5.75 Å². The molecule has 0 aliphatic carbocycles. The van der Waals surface area contributed by atoms with Crippen molar-refractivity contribution in [2.75, 3.05) is 11.5 Å². The van der Waals surface area contributed by atoms with Gasteiger partial charge in [-0.05, 0) is 24.7 Å². The molecular formula is C13H17F2NOS. The largest absolute Gasteiger partial charge is 0.434 e. The number of ether oxygens (including phenoxy) is 1. The van der Waals surface area contributed by atoms with Crippen molar-refractivity contribution in [1.29, 1.82) is 0 Å². The van der Waals surface area contributed by atoms with E-state index in [-0.39, 0.29) is 5.75 Å². The fraction of sp³-hybridized carbons (Fsp3) is 0.538. The van der Waals surface area contributed by atoms with Gasteiger partial charge in [0.15, 0.2) is 0 Å². The topological polar surface area (TPSA) is 21.3 Å². The molecule has 0 radical (unpaired) electrons. The van der Waals surface area contributed by atoms with E-state index in [9.17, 15) is 8.78 Å². The number of rotatable bonds is 5. The van der Waals surface area contributed by atoms with Crippen molar-refractivity contribution >= 4 is 11.8 Å². The highest BCUT2D eigenvalue weighted by atomic mass is 32.2. The van der Waals surface area contributed by atoms with Crippen molar-refractivity contribution in [2.24, 2.45) is 0 Å². The average molecular weight is 273 g/mol. The van der Waals surface area contributed by atoms with Crippen LogP contribution in [0.15, 0.2) is 24.3 Å². The molecule has 2 rings (SSSR count). The van der Waals surface area contributed by atoms with Gasteiger partial charge in [0.05, 0.1) is 0 Å². The molecule has 1 aromatic rings. The Bertz CT molecular complexity index is 370. The molecule has 1 aliphatic rings. The van der Waals surface area contributed by atoms with Crippen molar-refractivity contribution in [3.63, 3.8) is 0 Å². The minimum Gasteiger partial charge on any atom is -0.434 e. The number of hydrogen-bond donors (Lipinski definition) is 1. The van der Waals surface area contributed by atoms with Crippen LogP contribution >= 0.6 is 11.8 Å². The lowest BCUT2D eigenvalue weighted by atomic mass is 10.1. The van der Waals surface area contributed by atoms with Crippen LogP contribution in [0.2, 0.25) is 0 Å². The number of para-hydroxylation sites is 1. The molecule has 1 heterocycles. The van der Waals surface area contributed by atoms with Crippen LogP contribution in [0.3, 0.4) is 0 Å². The summed E-state index contributed by atoms with van der Waals surface area (Å²) >= 11 is 1.94. The molecule has 1 aromatic carbocycles. The van der Waals surface area contributed by atoms with E-state index in [0.29, 0.717) is 12.6 Å². The first-order chi connectivity index (χ1) is 8.75. The van der Waals surface area contributed by atoms with Gasteiger partial charge in [-0.15, -0.1) is 0 Å². The van der Waals surface area contributed by atoms with E-state index in [4.69, 9.17) is 0 Å². The number of halogens is 2. The van der Waals surface area contributed by atoms with Gasteiger partial charge in [0.25, 0.3) is 0 Å². The molecule has 1 N–H and O–H groups in total. The Morgan fingerprint density at radius 1 is 1.39 bits per heavy atom. The molecule has 18 heavy (non-hydrogen) atoms. The Hall–Kier alpha value is -0.810. The minimum atomic E-state index is -2.77. The monoisotopic (exact) mass is 273 g/mol. The van der Waals surface area contributed by atoms with Crippen molar-refractivity contribution in [3.8, 4) is 5.75 Å². The highest BCUT2D eigenvalue weighted by Gasteiger charge is 2.14. The number of alkyl halides is 2. The van der Waals surface area contributed by atoms with Gasteiger partial charge in [0, 0.05) is 23.9 Å². The van der Waals surface area contributed by atoms with Crippen LogP contribution in [0.4, 0.5) is 8.78 Å². The first-order valence-electron chi connectivity index (χ1n) is 6.09. The van der Waals surface area contributed by atoms with Crippen molar-refractivity contribution in [2.45, 2.75) is 32.0 Å². The van der Waals surface area contributed by atoms with Gasteiger partial charge >= 0.3 is 6.61 Å². The van der Waals surface area contributed by atoms with Crippen LogP contribution in [0.25, 0.3) is 0 Å². The van der Waals surface area contributed by atoms with E-state index in [1.807, 2.05) is 23.9 Å². The van der Waals surface area contributed by atoms with Gasteiger partial charge in [0.2, 0.25) is 0 Å². The molecule has 0 bridgehead atoms. The third-order valence-corrected chi connectivity index (χ3v) is 4.15. The zero-order chi connectivity index (χ0) is 12.8. The normalized spacial score (nSPS) is 20.1. The number of benzene rings is 1. The summed E-state index contributed by atoms with van der Waals surface area (Å²) in [5, 5.41) is 3.41. The fourth-order valence-corrected chi connectivity index (χ4v) is 3.12. The first kappa shape index (κ1) is 13.6. The van der Waals surface area contributed by atoms with Crippen LogP contribution in [0.1, 0.15) is 18.4 Å². The van der Waals surface area contributed by atoms with Crippen LogP contribution in [-0.2, 0) is 6.54 Å². The van der Waals surface area contributed by atoms with E-state index in [1.54, 1.807) is 12.1 Å². The van der Waals surface area contributed by atoms with Crippen molar-refractivity contribution < 1.29 is 13.5 Å². The molecule has 1 saturated heterocycles. The summed E-state index contributed by atoms with van der Waals surface area (Å²) in [7, 11) is 0. The molecule has 1 unspecified atom stereocenters. The fourth-order valence-electron chi connectivity index (χ4n) is 2.02. The highest BCUT2D eigenvalue weighted by molar-refractivity contribution is 7.99. The summed E-state index contributed by atoms with van der Waals surface area (Å²) in [4.78, 5) is 0. The summed E-state index contributed by atoms with van der Waals surface area (Å²) in [5.74, 6) is 2.59. The maximum Gasteiger partial charge on any atom is 0.387 e. The zero-order valence-corrected chi connectivity index (χ0v) is 10.9. The Balaban J connectivity index is 1.91. The predicted molar refractivity (Wildman–Crippen MR) is 70.3 cm³/mol. The molecule has 1 atom stereocenters. The summed E-state index contributed by atoms with van der Waals surface area (Å²) < 4.78 is 29.0. The Morgan fingerprint density at radius 2 is 2.22 bits per heavy atom. The molecular weight excluding hydrogens is 256 g/mol. The minimum absolute atomic E-state index is 0.267. The number of thioether (sulfide) groups is 1. The van der Waals surface area contributed by atoms with Crippen LogP contribution in [0, 0.1) is 0 Å². The predicted octanol–water partition coefficient (Wildman–Crippen LogP) is 3.27. The molecule has 1 fully saturated rings. The standard InChI is InChI=1S/C13H17F2NOS/c14-13(15)17-12-6-2-1-4-10(12)8-16-11-5-3-7-18-9-11/h1-2,4,6,11,13,16H,3,5,7-9H2. The summed E-state index contributed by atoms with van der Waals surface area (Å²) in [6.07, 6.45) is 2.38. The van der Waals surface area contributed by atoms with Gasteiger partial charge < -0.3 is 10.1 Å². The molecule has 100 valence electrons. The van der Waals surface area contributed by atoms with Gasteiger partial charge in [-0.1, -0.05) is 18.2 Å². The SMILES string of the molecule is FC(F)Oc1ccccc1CNC1CCCSC1. The van der Waals surface area contributed by atoms with Gasteiger partial charge in [-0.2, -0.15) is 20.5 Å². The van der Waals surface area contributed by atoms with E-state index in [1.165, 1.54) is 12.2 Å². The maximum absolute atomic E-state index is 12.2. The second-order valence-corrected chi connectivity index (χ2v) is 5.43. The summed E-state index contributed by atoms with van der Waals surface area (Å²) in [6.45, 7) is -2.19. The second-order valence-electron chi connectivity index (χ2n) is 4.28. The van der Waals surface area contributed by atoms with Crippen molar-refractivity contribution in [3.05, 3.63) is 29.8 Å². The zero-order valence-electron chi connectivity index (χ0n) is 10.1. The molecule has 2 nitrogen and oxygen atoms in total. The molecule has 0 aromatic heterocycles. The quantitative estimate of drug-likeness (QED) is 0.889. The lowest BCUT2D eigenvalue weighted by molar-refractivity contribution is -0.0505. The lowest BCUT2D eigenvalue weighted by Crippen LogP contribution is -2.33. The van der Waals surface area contributed by atoms with E-state index < -0.39 is 6.61 Å². The number of hydrogen-bond acceptors (Lipinski definition) is 3. The third-order valence-electron chi connectivity index (χ3n) is 2.93. The van der Waals surface area contributed by atoms with Crippen LogP contribution in [-0.4, -0.2) is 24.2 Å². The smallest absolute Gasteiger partial charge is 0.387 e. The summed E-state index contributed by atoms with van der Waals surface area (Å²) in [5.41, 5.74) is 0.786. The molecule has 1 aliphatic heterocycles. The van der Waals surface area contributed by atoms with E-state index in [0.717, 1.165) is 17.7 Å². The lowest BCUT2D eigenvalue weighted by Gasteiger charge is -2.23. The molecule has 0 saturated carbocycles. The first-order valence-corrected chi connectivity index (χ1v) is 7.25. The summed E-state index contributed by atoms with van der Waals surface area (Å²) in [6, 6.07) is 7.42. The van der Waals surface area contributed by atoms with Crippen molar-refractivity contribution in [1.82, 2.24) is 5.32 Å². The van der Waals surface area contributed by atoms with Crippen LogP contribution < -0.4 is 10.1 Å². The van der Waals surface area contributed by atoms with Gasteiger partial charge in [-0.3, -0.25) is 0 Å². The molecule has 0 spiro atoms.